The van der Waals surface area contributed by atoms with Crippen molar-refractivity contribution in [1.82, 2.24) is 19.3 Å². The number of hydrogen-bond acceptors (Lipinski definition) is 6. The molecule has 0 radical (unpaired) electrons. The van der Waals surface area contributed by atoms with Gasteiger partial charge >= 0.3 is 0 Å². The molecule has 0 aliphatic carbocycles. The monoisotopic (exact) mass is 468 g/mol. The topological polar surface area (TPSA) is 103 Å². The maximum Gasteiger partial charge on any atom is 0.285 e. The number of sulfonamides is 1. The largest absolute Gasteiger partial charge is 0.497 e. The van der Waals surface area contributed by atoms with Gasteiger partial charge in [0.2, 0.25) is 0 Å². The van der Waals surface area contributed by atoms with E-state index in [1.807, 2.05) is 4.72 Å². The van der Waals surface area contributed by atoms with Gasteiger partial charge in [-0.3, -0.25) is 4.79 Å². The highest BCUT2D eigenvalue weighted by Crippen LogP contribution is 2.26. The van der Waals surface area contributed by atoms with Crippen LogP contribution in [0.5, 0.6) is 5.75 Å². The smallest absolute Gasteiger partial charge is 0.285 e. The van der Waals surface area contributed by atoms with Gasteiger partial charge in [0.05, 0.1) is 7.11 Å². The first-order valence-electron chi connectivity index (χ1n) is 7.78. The van der Waals surface area contributed by atoms with E-state index < -0.39 is 21.7 Å². The Morgan fingerprint density at radius 1 is 1.32 bits per heavy atom. The molecular weight excluding hydrogens is 455 g/mol. The molecule has 0 spiro atoms. The van der Waals surface area contributed by atoms with E-state index in [2.05, 4.69) is 25.9 Å². The summed E-state index contributed by atoms with van der Waals surface area (Å²) in [5.41, 5.74) is -0.257. The quantitative estimate of drug-likeness (QED) is 0.616. The van der Waals surface area contributed by atoms with Crippen LogP contribution in [-0.4, -0.2) is 36.0 Å². The van der Waals surface area contributed by atoms with Crippen LogP contribution in [0, 0.1) is 5.82 Å². The lowest BCUT2D eigenvalue weighted by Crippen LogP contribution is -2.31. The predicted octanol–water partition coefficient (Wildman–Crippen LogP) is 2.51. The van der Waals surface area contributed by atoms with Crippen molar-refractivity contribution in [1.29, 1.82) is 0 Å². The first kappa shape index (κ1) is 20.0. The van der Waals surface area contributed by atoms with Crippen LogP contribution < -0.4 is 9.46 Å². The van der Waals surface area contributed by atoms with Crippen molar-refractivity contribution in [2.75, 3.05) is 7.11 Å². The minimum absolute atomic E-state index is 0.0533. The number of methoxy groups -OCH3 is 1. The number of benzene rings is 1. The normalized spacial score (nSPS) is 11.3. The second-order valence-electron chi connectivity index (χ2n) is 5.63. The number of pyridine rings is 1. The lowest BCUT2D eigenvalue weighted by Gasteiger charge is -2.09. The Morgan fingerprint density at radius 3 is 2.75 bits per heavy atom. The minimum Gasteiger partial charge on any atom is -0.497 e. The maximum absolute atomic E-state index is 13.9. The highest BCUT2D eigenvalue weighted by atomic mass is 79.9. The zero-order valence-electron chi connectivity index (χ0n) is 14.7. The molecule has 0 unspecified atom stereocenters. The maximum atomic E-state index is 13.9. The highest BCUT2D eigenvalue weighted by Gasteiger charge is 2.25. The molecule has 1 amide bonds. The molecule has 0 saturated carbocycles. The Hall–Kier alpha value is -2.79. The Morgan fingerprint density at radius 2 is 2.07 bits per heavy atom. The van der Waals surface area contributed by atoms with Crippen molar-refractivity contribution in [3.8, 4) is 17.3 Å². The standard InChI is InChI=1S/C17H14BrFN4O4S/c1-23-9-13(21-16(23)15-12(19)4-3-7-20-15)17(24)22-28(25,26)14-8-10(27-2)5-6-11(14)18/h3-9H,1-2H3,(H,22,24). The predicted molar refractivity (Wildman–Crippen MR) is 102 cm³/mol. The summed E-state index contributed by atoms with van der Waals surface area (Å²) in [6.07, 6.45) is 2.67. The Kier molecular flexibility index (Phi) is 5.47. The molecule has 0 aliphatic heterocycles. The van der Waals surface area contributed by atoms with E-state index in [1.54, 1.807) is 13.1 Å². The van der Waals surface area contributed by atoms with Gasteiger partial charge in [-0.1, -0.05) is 0 Å². The number of rotatable bonds is 5. The van der Waals surface area contributed by atoms with Crippen molar-refractivity contribution in [3.63, 3.8) is 0 Å². The van der Waals surface area contributed by atoms with Gasteiger partial charge in [-0.2, -0.15) is 0 Å². The molecular formula is C17H14BrFN4O4S. The molecule has 0 fully saturated rings. The van der Waals surface area contributed by atoms with E-state index in [9.17, 15) is 17.6 Å². The van der Waals surface area contributed by atoms with Crippen molar-refractivity contribution in [3.05, 3.63) is 58.7 Å². The van der Waals surface area contributed by atoms with Gasteiger partial charge < -0.3 is 9.30 Å². The number of hydrogen-bond donors (Lipinski definition) is 1. The number of carbonyl (C=O) groups excluding carboxylic acids is 1. The molecule has 0 atom stereocenters. The number of halogens is 2. The third-order valence-corrected chi connectivity index (χ3v) is 6.06. The lowest BCUT2D eigenvalue weighted by atomic mass is 10.3. The Balaban J connectivity index is 1.92. The molecule has 146 valence electrons. The van der Waals surface area contributed by atoms with Gasteiger partial charge in [0, 0.05) is 30.0 Å². The third-order valence-electron chi connectivity index (χ3n) is 3.73. The number of carbonyl (C=O) groups is 1. The van der Waals surface area contributed by atoms with E-state index in [-0.39, 0.29) is 26.6 Å². The SMILES string of the molecule is COc1ccc(Br)c(S(=O)(=O)NC(=O)c2cn(C)c(-c3ncccc3F)n2)c1. The molecule has 11 heteroatoms. The Bertz CT molecular complexity index is 1160. The van der Waals surface area contributed by atoms with Crippen LogP contribution in [0.3, 0.4) is 0 Å². The van der Waals surface area contributed by atoms with Crippen LogP contribution in [0.25, 0.3) is 11.5 Å². The summed E-state index contributed by atoms with van der Waals surface area (Å²) in [5, 5.41) is 0. The van der Waals surface area contributed by atoms with E-state index in [0.29, 0.717) is 5.75 Å². The number of nitrogens with zero attached hydrogens (tertiary/aromatic N) is 3. The van der Waals surface area contributed by atoms with Crippen LogP contribution >= 0.6 is 15.9 Å². The van der Waals surface area contributed by atoms with Gasteiger partial charge in [-0.15, -0.1) is 0 Å². The minimum atomic E-state index is -4.21. The van der Waals surface area contributed by atoms with Crippen LogP contribution in [0.2, 0.25) is 0 Å². The van der Waals surface area contributed by atoms with Crippen LogP contribution in [0.1, 0.15) is 10.5 Å². The first-order chi connectivity index (χ1) is 13.2. The van der Waals surface area contributed by atoms with Gasteiger partial charge in [-0.25, -0.2) is 27.5 Å². The van der Waals surface area contributed by atoms with E-state index in [4.69, 9.17) is 4.74 Å². The third kappa shape index (κ3) is 3.90. The van der Waals surface area contributed by atoms with Gasteiger partial charge in [0.25, 0.3) is 15.9 Å². The zero-order chi connectivity index (χ0) is 20.5. The molecule has 28 heavy (non-hydrogen) atoms. The van der Waals surface area contributed by atoms with Crippen molar-refractivity contribution < 1.29 is 22.3 Å². The molecule has 1 aromatic carbocycles. The molecule has 8 nitrogen and oxygen atoms in total. The fourth-order valence-electron chi connectivity index (χ4n) is 2.39. The molecule has 2 aromatic heterocycles. The van der Waals surface area contributed by atoms with Crippen molar-refractivity contribution in [2.24, 2.45) is 7.05 Å². The number of ether oxygens (including phenoxy) is 1. The second kappa shape index (κ2) is 7.68. The fraction of sp³-hybridized carbons (Fsp3) is 0.118. The van der Waals surface area contributed by atoms with Gasteiger partial charge in [0.1, 0.15) is 22.0 Å². The van der Waals surface area contributed by atoms with Crippen LogP contribution in [-0.2, 0) is 17.1 Å². The fourth-order valence-corrected chi connectivity index (χ4v) is 4.33. The highest BCUT2D eigenvalue weighted by molar-refractivity contribution is 9.10. The molecule has 3 aromatic rings. The molecule has 1 N–H and O–H groups in total. The van der Waals surface area contributed by atoms with Crippen molar-refractivity contribution in [2.45, 2.75) is 4.90 Å². The summed E-state index contributed by atoms with van der Waals surface area (Å²) in [6, 6.07) is 6.96. The molecule has 3 rings (SSSR count). The van der Waals surface area contributed by atoms with Gasteiger partial charge in [-0.05, 0) is 40.2 Å². The van der Waals surface area contributed by atoms with Crippen molar-refractivity contribution >= 4 is 31.9 Å². The summed E-state index contributed by atoms with van der Waals surface area (Å²) in [5.74, 6) is -1.19. The first-order valence-corrected chi connectivity index (χ1v) is 10.1. The van der Waals surface area contributed by atoms with Gasteiger partial charge in [0.15, 0.2) is 11.6 Å². The summed E-state index contributed by atoms with van der Waals surface area (Å²) in [6.45, 7) is 0. The molecule has 0 saturated heterocycles. The summed E-state index contributed by atoms with van der Waals surface area (Å²) in [7, 11) is -1.28. The number of aromatic nitrogens is 3. The number of imidazole rings is 1. The second-order valence-corrected chi connectivity index (χ2v) is 8.13. The average Bonchev–Trinajstić information content (AvgIpc) is 3.04. The molecule has 0 bridgehead atoms. The number of amides is 1. The summed E-state index contributed by atoms with van der Waals surface area (Å²) < 4.78 is 47.7. The average molecular weight is 469 g/mol. The molecule has 0 aliphatic rings. The van der Waals surface area contributed by atoms with E-state index >= 15 is 0 Å². The van der Waals surface area contributed by atoms with Crippen LogP contribution in [0.15, 0.2) is 52.1 Å². The molecule has 2 heterocycles. The number of aryl methyl sites for hydroxylation is 1. The lowest BCUT2D eigenvalue weighted by molar-refractivity contribution is 0.0977. The Labute approximate surface area is 168 Å². The van der Waals surface area contributed by atoms with E-state index in [0.717, 1.165) is 0 Å². The zero-order valence-corrected chi connectivity index (χ0v) is 17.1. The van der Waals surface area contributed by atoms with Crippen LogP contribution in [0.4, 0.5) is 4.39 Å². The summed E-state index contributed by atoms with van der Waals surface area (Å²) in [4.78, 5) is 20.2. The van der Waals surface area contributed by atoms with E-state index in [1.165, 1.54) is 48.3 Å². The summed E-state index contributed by atoms with van der Waals surface area (Å²) >= 11 is 3.14. The number of nitrogens with one attached hydrogen (secondary N) is 1.